The molecule has 0 radical (unpaired) electrons. The molecule has 3 heterocycles. The zero-order chi connectivity index (χ0) is 13.2. The zero-order valence-corrected chi connectivity index (χ0v) is 12.2. The Bertz CT molecular complexity index is 556. The number of aryl methyl sites for hydroxylation is 1. The number of anilines is 1. The van der Waals surface area contributed by atoms with E-state index < -0.39 is 0 Å². The number of halogens is 1. The highest BCUT2D eigenvalue weighted by molar-refractivity contribution is 9.10. The highest BCUT2D eigenvalue weighted by Gasteiger charge is 2.31. The Kier molecular flexibility index (Phi) is 3.46. The van der Waals surface area contributed by atoms with Crippen LogP contribution in [0.3, 0.4) is 0 Å². The lowest BCUT2D eigenvalue weighted by atomic mass is 10.2. The van der Waals surface area contributed by atoms with Crippen LogP contribution in [0.1, 0.15) is 37.5 Å². The van der Waals surface area contributed by atoms with Crippen LogP contribution >= 0.6 is 15.9 Å². The molecule has 19 heavy (non-hydrogen) atoms. The Balaban J connectivity index is 1.86. The van der Waals surface area contributed by atoms with E-state index in [9.17, 15) is 0 Å². The highest BCUT2D eigenvalue weighted by Crippen LogP contribution is 2.32. The number of aromatic nitrogens is 4. The van der Waals surface area contributed by atoms with Gasteiger partial charge in [-0.2, -0.15) is 4.98 Å². The van der Waals surface area contributed by atoms with Gasteiger partial charge in [-0.25, -0.2) is 9.97 Å². The van der Waals surface area contributed by atoms with Gasteiger partial charge in [-0.3, -0.25) is 0 Å². The molecule has 1 aliphatic heterocycles. The van der Waals surface area contributed by atoms with E-state index in [1.54, 1.807) is 12.4 Å². The van der Waals surface area contributed by atoms with Crippen molar-refractivity contribution in [1.29, 1.82) is 0 Å². The molecule has 100 valence electrons. The second kappa shape index (κ2) is 5.24. The number of nitrogens with zero attached hydrogens (tertiary/aromatic N) is 5. The first kappa shape index (κ1) is 12.5. The summed E-state index contributed by atoms with van der Waals surface area (Å²) in [7, 11) is 0. The minimum absolute atomic E-state index is 0.116. The van der Waals surface area contributed by atoms with Crippen molar-refractivity contribution >= 4 is 21.9 Å². The number of hydrogen-bond donors (Lipinski definition) is 0. The van der Waals surface area contributed by atoms with Crippen molar-refractivity contribution < 1.29 is 4.52 Å². The molecule has 0 bridgehead atoms. The molecule has 2 aromatic rings. The predicted molar refractivity (Wildman–Crippen MR) is 72.7 cm³/mol. The molecular weight excluding hydrogens is 310 g/mol. The number of hydrogen-bond acceptors (Lipinski definition) is 6. The van der Waals surface area contributed by atoms with Crippen molar-refractivity contribution in [3.63, 3.8) is 0 Å². The smallest absolute Gasteiger partial charge is 0.226 e. The van der Waals surface area contributed by atoms with Gasteiger partial charge >= 0.3 is 0 Å². The zero-order valence-electron chi connectivity index (χ0n) is 10.6. The van der Waals surface area contributed by atoms with Gasteiger partial charge in [0.2, 0.25) is 11.8 Å². The Labute approximate surface area is 119 Å². The third-order valence-corrected chi connectivity index (χ3v) is 3.61. The maximum Gasteiger partial charge on any atom is 0.226 e. The molecule has 2 aromatic heterocycles. The summed E-state index contributed by atoms with van der Waals surface area (Å²) in [6.45, 7) is 2.92. The van der Waals surface area contributed by atoms with Gasteiger partial charge in [0.25, 0.3) is 0 Å². The second-order valence-electron chi connectivity index (χ2n) is 4.45. The van der Waals surface area contributed by atoms with Gasteiger partial charge in [0.15, 0.2) is 5.82 Å². The van der Waals surface area contributed by atoms with Crippen LogP contribution in [0, 0.1) is 0 Å². The van der Waals surface area contributed by atoms with E-state index in [2.05, 4.69) is 40.9 Å². The van der Waals surface area contributed by atoms with Crippen LogP contribution in [0.2, 0.25) is 0 Å². The lowest BCUT2D eigenvalue weighted by Gasteiger charge is -2.21. The van der Waals surface area contributed by atoms with Crippen LogP contribution in [0.5, 0.6) is 0 Å². The van der Waals surface area contributed by atoms with Gasteiger partial charge in [0, 0.05) is 25.4 Å². The summed E-state index contributed by atoms with van der Waals surface area (Å²) in [6, 6.07) is 0.116. The minimum atomic E-state index is 0.116. The van der Waals surface area contributed by atoms with E-state index in [4.69, 9.17) is 4.52 Å². The molecule has 0 N–H and O–H groups in total. The molecule has 7 heteroatoms. The lowest BCUT2D eigenvalue weighted by Crippen LogP contribution is -2.25. The monoisotopic (exact) mass is 323 g/mol. The van der Waals surface area contributed by atoms with Crippen molar-refractivity contribution in [2.75, 3.05) is 11.4 Å². The molecule has 3 rings (SSSR count). The van der Waals surface area contributed by atoms with Gasteiger partial charge in [-0.05, 0) is 28.8 Å². The van der Waals surface area contributed by atoms with Gasteiger partial charge in [0.05, 0.1) is 10.5 Å². The summed E-state index contributed by atoms with van der Waals surface area (Å²) in [6.07, 6.45) is 6.35. The Morgan fingerprint density at radius 2 is 2.21 bits per heavy atom. The molecule has 1 aliphatic rings. The Morgan fingerprint density at radius 1 is 1.42 bits per heavy atom. The van der Waals surface area contributed by atoms with E-state index in [1.807, 2.05) is 6.92 Å². The van der Waals surface area contributed by atoms with Crippen molar-refractivity contribution in [2.24, 2.45) is 0 Å². The van der Waals surface area contributed by atoms with Crippen LogP contribution in [0.25, 0.3) is 0 Å². The molecule has 1 fully saturated rings. The molecule has 0 unspecified atom stereocenters. The quantitative estimate of drug-likeness (QED) is 0.864. The van der Waals surface area contributed by atoms with Crippen molar-refractivity contribution in [3.8, 4) is 0 Å². The van der Waals surface area contributed by atoms with Crippen molar-refractivity contribution in [1.82, 2.24) is 20.1 Å². The fourth-order valence-corrected chi connectivity index (χ4v) is 2.48. The maximum absolute atomic E-state index is 5.19. The molecule has 0 amide bonds. The van der Waals surface area contributed by atoms with Crippen LogP contribution < -0.4 is 4.90 Å². The summed E-state index contributed by atoms with van der Waals surface area (Å²) < 4.78 is 6.07. The van der Waals surface area contributed by atoms with Crippen LogP contribution in [-0.4, -0.2) is 26.7 Å². The molecule has 1 atom stereocenters. The fraction of sp³-hybridized carbons (Fsp3) is 0.500. The minimum Gasteiger partial charge on any atom is -0.339 e. The van der Waals surface area contributed by atoms with E-state index in [1.165, 1.54) is 0 Å². The standard InChI is InChI=1S/C12H14BrN5O/c1-2-10-16-11(17-19-10)9-4-3-5-18(9)12-14-6-8(13)7-15-12/h6-7,9H,2-5H2,1H3/t9-/m0/s1. The third-order valence-electron chi connectivity index (χ3n) is 3.20. The van der Waals surface area contributed by atoms with Crippen LogP contribution in [0.4, 0.5) is 5.95 Å². The van der Waals surface area contributed by atoms with E-state index >= 15 is 0 Å². The molecule has 0 aliphatic carbocycles. The largest absolute Gasteiger partial charge is 0.339 e. The van der Waals surface area contributed by atoms with E-state index in [0.717, 1.165) is 36.1 Å². The van der Waals surface area contributed by atoms with Gasteiger partial charge < -0.3 is 9.42 Å². The van der Waals surface area contributed by atoms with E-state index in [0.29, 0.717) is 11.8 Å². The third kappa shape index (κ3) is 2.47. The normalized spacial score (nSPS) is 19.1. The van der Waals surface area contributed by atoms with Gasteiger partial charge in [-0.15, -0.1) is 0 Å². The molecule has 0 saturated carbocycles. The average molecular weight is 324 g/mol. The summed E-state index contributed by atoms with van der Waals surface area (Å²) in [5.74, 6) is 2.13. The first-order chi connectivity index (χ1) is 9.28. The summed E-state index contributed by atoms with van der Waals surface area (Å²) in [4.78, 5) is 15.2. The first-order valence-corrected chi connectivity index (χ1v) is 7.14. The van der Waals surface area contributed by atoms with Crippen molar-refractivity contribution in [2.45, 2.75) is 32.2 Å². The van der Waals surface area contributed by atoms with E-state index in [-0.39, 0.29) is 6.04 Å². The van der Waals surface area contributed by atoms with Gasteiger partial charge in [-0.1, -0.05) is 12.1 Å². The molecule has 0 aromatic carbocycles. The highest BCUT2D eigenvalue weighted by atomic mass is 79.9. The molecule has 1 saturated heterocycles. The van der Waals surface area contributed by atoms with Gasteiger partial charge in [0.1, 0.15) is 0 Å². The summed E-state index contributed by atoms with van der Waals surface area (Å²) >= 11 is 3.34. The molecular formula is C12H14BrN5O. The number of rotatable bonds is 3. The predicted octanol–water partition coefficient (Wildman–Crippen LogP) is 2.53. The Hall–Kier alpha value is -1.50. The summed E-state index contributed by atoms with van der Waals surface area (Å²) in [5.41, 5.74) is 0. The SMILES string of the molecule is CCc1nc([C@@H]2CCCN2c2ncc(Br)cn2)no1. The summed E-state index contributed by atoms with van der Waals surface area (Å²) in [5, 5.41) is 4.07. The maximum atomic E-state index is 5.19. The topological polar surface area (TPSA) is 67.9 Å². The first-order valence-electron chi connectivity index (χ1n) is 6.34. The molecule has 0 spiro atoms. The fourth-order valence-electron chi connectivity index (χ4n) is 2.28. The molecule has 6 nitrogen and oxygen atoms in total. The Morgan fingerprint density at radius 3 is 2.89 bits per heavy atom. The average Bonchev–Trinajstić information content (AvgIpc) is 3.07. The van der Waals surface area contributed by atoms with Crippen LogP contribution in [-0.2, 0) is 6.42 Å². The van der Waals surface area contributed by atoms with Crippen LogP contribution in [0.15, 0.2) is 21.4 Å². The second-order valence-corrected chi connectivity index (χ2v) is 5.37. The van der Waals surface area contributed by atoms with Crippen molar-refractivity contribution in [3.05, 3.63) is 28.6 Å². The lowest BCUT2D eigenvalue weighted by molar-refractivity contribution is 0.373.